The summed E-state index contributed by atoms with van der Waals surface area (Å²) in [5, 5.41) is 6.72. The molecule has 1 fully saturated rings. The van der Waals surface area contributed by atoms with Crippen LogP contribution in [0.15, 0.2) is 23.8 Å². The number of nitrogens with zero attached hydrogens (tertiary/aromatic N) is 3. The highest BCUT2D eigenvalue weighted by Crippen LogP contribution is 2.24. The molecule has 7 nitrogen and oxygen atoms in total. The molecule has 26 heavy (non-hydrogen) atoms. The number of rotatable bonds is 2. The summed E-state index contributed by atoms with van der Waals surface area (Å²) in [5.41, 5.74) is 5.27. The molecule has 4 amide bonds. The topological polar surface area (TPSA) is 84.3 Å². The maximum absolute atomic E-state index is 12.3. The highest BCUT2D eigenvalue weighted by molar-refractivity contribution is 6.30. The second-order valence-corrected chi connectivity index (χ2v) is 6.47. The molecule has 0 radical (unpaired) electrons. The molecular weight excluding hydrogens is 332 g/mol. The van der Waals surface area contributed by atoms with Gasteiger partial charge in [0.2, 0.25) is 0 Å². The molecule has 0 bridgehead atoms. The van der Waals surface area contributed by atoms with E-state index in [1.807, 2.05) is 39.8 Å². The second-order valence-electron chi connectivity index (χ2n) is 6.47. The van der Waals surface area contributed by atoms with Crippen LogP contribution in [0.5, 0.6) is 0 Å². The highest BCUT2D eigenvalue weighted by atomic mass is 16.2. The molecule has 3 rings (SSSR count). The zero-order valence-electron chi connectivity index (χ0n) is 15.4. The van der Waals surface area contributed by atoms with Gasteiger partial charge in [0.25, 0.3) is 11.8 Å². The van der Waals surface area contributed by atoms with Crippen LogP contribution in [-0.2, 0) is 9.59 Å². The number of carbonyl (C=O) groups excluding carboxylic acids is 3. The number of aryl methyl sites for hydroxylation is 3. The molecule has 2 aromatic rings. The molecule has 1 aliphatic heterocycles. The van der Waals surface area contributed by atoms with Gasteiger partial charge in [-0.05, 0) is 45.4 Å². The molecular formula is C19H20N4O3. The van der Waals surface area contributed by atoms with Crippen molar-refractivity contribution in [1.29, 1.82) is 0 Å². The first-order valence-electron chi connectivity index (χ1n) is 8.19. The first kappa shape index (κ1) is 17.6. The van der Waals surface area contributed by atoms with Crippen molar-refractivity contribution in [3.8, 4) is 5.69 Å². The van der Waals surface area contributed by atoms with Gasteiger partial charge >= 0.3 is 6.03 Å². The number of aromatic nitrogens is 2. The number of barbiturate groups is 1. The first-order valence-corrected chi connectivity index (χ1v) is 8.19. The number of benzene rings is 1. The van der Waals surface area contributed by atoms with E-state index in [1.165, 1.54) is 13.1 Å². The third-order valence-electron chi connectivity index (χ3n) is 4.52. The molecule has 0 saturated carbocycles. The van der Waals surface area contributed by atoms with E-state index in [0.717, 1.165) is 27.4 Å². The summed E-state index contributed by atoms with van der Waals surface area (Å²) in [6.07, 6.45) is 1.50. The lowest BCUT2D eigenvalue weighted by atomic mass is 10.1. The van der Waals surface area contributed by atoms with E-state index in [-0.39, 0.29) is 5.57 Å². The number of imide groups is 2. The Kier molecular flexibility index (Phi) is 4.23. The van der Waals surface area contributed by atoms with E-state index in [0.29, 0.717) is 11.3 Å². The molecule has 134 valence electrons. The Morgan fingerprint density at radius 1 is 1.08 bits per heavy atom. The zero-order valence-corrected chi connectivity index (χ0v) is 15.4. The van der Waals surface area contributed by atoms with Crippen LogP contribution in [0, 0.1) is 27.7 Å². The van der Waals surface area contributed by atoms with Crippen LogP contribution in [-0.4, -0.2) is 39.6 Å². The Labute approximate surface area is 151 Å². The van der Waals surface area contributed by atoms with E-state index >= 15 is 0 Å². The lowest BCUT2D eigenvalue weighted by Crippen LogP contribution is -2.52. The summed E-state index contributed by atoms with van der Waals surface area (Å²) in [6.45, 7) is 7.74. The Morgan fingerprint density at radius 3 is 2.42 bits per heavy atom. The quantitative estimate of drug-likeness (QED) is 0.663. The third-order valence-corrected chi connectivity index (χ3v) is 4.52. The van der Waals surface area contributed by atoms with Crippen LogP contribution < -0.4 is 5.32 Å². The lowest BCUT2D eigenvalue weighted by molar-refractivity contribution is -0.129. The number of urea groups is 1. The van der Waals surface area contributed by atoms with Crippen LogP contribution >= 0.6 is 0 Å². The van der Waals surface area contributed by atoms with Crippen LogP contribution in [0.2, 0.25) is 0 Å². The van der Waals surface area contributed by atoms with Crippen molar-refractivity contribution >= 4 is 23.9 Å². The van der Waals surface area contributed by atoms with Crippen LogP contribution in [0.1, 0.15) is 28.1 Å². The molecule has 1 aromatic carbocycles. The summed E-state index contributed by atoms with van der Waals surface area (Å²) in [5.74, 6) is -1.33. The fourth-order valence-electron chi connectivity index (χ4n) is 3.03. The molecule has 1 N–H and O–H groups in total. The van der Waals surface area contributed by atoms with Gasteiger partial charge in [0, 0.05) is 18.3 Å². The van der Waals surface area contributed by atoms with Crippen molar-refractivity contribution in [2.75, 3.05) is 7.05 Å². The van der Waals surface area contributed by atoms with E-state index in [1.54, 1.807) is 4.68 Å². The number of nitrogens with one attached hydrogen (secondary N) is 1. The molecule has 1 aromatic heterocycles. The fraction of sp³-hybridized carbons (Fsp3) is 0.263. The van der Waals surface area contributed by atoms with E-state index in [4.69, 9.17) is 0 Å². The van der Waals surface area contributed by atoms with Crippen molar-refractivity contribution < 1.29 is 14.4 Å². The van der Waals surface area contributed by atoms with Crippen molar-refractivity contribution in [3.05, 3.63) is 51.9 Å². The van der Waals surface area contributed by atoms with Crippen LogP contribution in [0.25, 0.3) is 11.8 Å². The van der Waals surface area contributed by atoms with Crippen molar-refractivity contribution in [2.24, 2.45) is 0 Å². The van der Waals surface area contributed by atoms with Gasteiger partial charge < -0.3 is 0 Å². The first-order chi connectivity index (χ1) is 12.2. The molecule has 0 unspecified atom stereocenters. The average Bonchev–Trinajstić information content (AvgIpc) is 2.84. The van der Waals surface area contributed by atoms with Crippen LogP contribution in [0.4, 0.5) is 4.79 Å². The fourth-order valence-corrected chi connectivity index (χ4v) is 3.03. The van der Waals surface area contributed by atoms with Crippen LogP contribution in [0.3, 0.4) is 0 Å². The Bertz CT molecular complexity index is 985. The molecule has 7 heteroatoms. The predicted octanol–water partition coefficient (Wildman–Crippen LogP) is 2.20. The maximum Gasteiger partial charge on any atom is 0.331 e. The summed E-state index contributed by atoms with van der Waals surface area (Å²) < 4.78 is 1.80. The molecule has 0 aliphatic carbocycles. The molecule has 1 aliphatic rings. The number of carbonyl (C=O) groups is 3. The SMILES string of the molecule is Cc1ccc(-n2nc(C)c(/C=C3\C(=O)NC(=O)N(C)C3=O)c2C)c(C)c1. The molecule has 1 saturated heterocycles. The summed E-state index contributed by atoms with van der Waals surface area (Å²) in [7, 11) is 1.33. The standard InChI is InChI=1S/C19H20N4O3/c1-10-6-7-16(11(2)8-10)23-13(4)14(12(3)21-23)9-15-17(24)20-19(26)22(5)18(15)25/h6-9H,1-5H3,(H,20,24,26)/b15-9+. The normalized spacial score (nSPS) is 16.4. The Balaban J connectivity index is 2.10. The monoisotopic (exact) mass is 352 g/mol. The van der Waals surface area contributed by atoms with Gasteiger partial charge in [0.1, 0.15) is 5.57 Å². The van der Waals surface area contributed by atoms with Gasteiger partial charge in [0.05, 0.1) is 11.4 Å². The average molecular weight is 352 g/mol. The third kappa shape index (κ3) is 2.81. The van der Waals surface area contributed by atoms with Gasteiger partial charge in [-0.1, -0.05) is 17.7 Å². The largest absolute Gasteiger partial charge is 0.331 e. The molecule has 2 heterocycles. The predicted molar refractivity (Wildman–Crippen MR) is 96.8 cm³/mol. The van der Waals surface area contributed by atoms with E-state index < -0.39 is 17.8 Å². The Morgan fingerprint density at radius 2 is 1.77 bits per heavy atom. The molecule has 0 spiro atoms. The van der Waals surface area contributed by atoms with Gasteiger partial charge in [-0.15, -0.1) is 0 Å². The van der Waals surface area contributed by atoms with E-state index in [9.17, 15) is 14.4 Å². The van der Waals surface area contributed by atoms with Gasteiger partial charge in [-0.25, -0.2) is 9.48 Å². The highest BCUT2D eigenvalue weighted by Gasteiger charge is 2.33. The second kappa shape index (κ2) is 6.25. The van der Waals surface area contributed by atoms with Crippen molar-refractivity contribution in [1.82, 2.24) is 20.0 Å². The smallest absolute Gasteiger partial charge is 0.273 e. The van der Waals surface area contributed by atoms with Gasteiger partial charge in [0.15, 0.2) is 0 Å². The summed E-state index contributed by atoms with van der Waals surface area (Å²) in [6, 6.07) is 5.35. The van der Waals surface area contributed by atoms with E-state index in [2.05, 4.69) is 16.5 Å². The summed E-state index contributed by atoms with van der Waals surface area (Å²) in [4.78, 5) is 36.8. The lowest BCUT2D eigenvalue weighted by Gasteiger charge is -2.22. The minimum absolute atomic E-state index is 0.0847. The Hall–Kier alpha value is -3.22. The van der Waals surface area contributed by atoms with Crippen molar-refractivity contribution in [3.63, 3.8) is 0 Å². The summed E-state index contributed by atoms with van der Waals surface area (Å²) >= 11 is 0. The van der Waals surface area contributed by atoms with Gasteiger partial charge in [-0.3, -0.25) is 19.8 Å². The maximum atomic E-state index is 12.3. The minimum Gasteiger partial charge on any atom is -0.273 e. The number of amides is 4. The number of hydrogen-bond donors (Lipinski definition) is 1. The van der Waals surface area contributed by atoms with Crippen molar-refractivity contribution in [2.45, 2.75) is 27.7 Å². The number of likely N-dealkylation sites (N-methyl/N-ethyl adjacent to an activating group) is 1. The van der Waals surface area contributed by atoms with Gasteiger partial charge in [-0.2, -0.15) is 5.10 Å². The molecule has 0 atom stereocenters. The minimum atomic E-state index is -0.725. The number of hydrogen-bond acceptors (Lipinski definition) is 4. The zero-order chi connectivity index (χ0) is 19.2.